The Morgan fingerprint density at radius 3 is 2.69 bits per heavy atom. The van der Waals surface area contributed by atoms with Crippen LogP contribution in [0.15, 0.2) is 18.2 Å². The van der Waals surface area contributed by atoms with E-state index in [2.05, 4.69) is 42.8 Å². The van der Waals surface area contributed by atoms with Crippen LogP contribution < -0.4 is 14.8 Å². The molecule has 29 heavy (non-hydrogen) atoms. The van der Waals surface area contributed by atoms with E-state index in [1.165, 1.54) is 0 Å². The first kappa shape index (κ1) is 22.8. The lowest BCUT2D eigenvalue weighted by Gasteiger charge is -2.14. The number of methoxy groups -OCH3 is 1. The van der Waals surface area contributed by atoms with Gasteiger partial charge in [-0.05, 0) is 50.3 Å². The number of carbonyl (C=O) groups excluding carboxylic acids is 1. The van der Waals surface area contributed by atoms with Gasteiger partial charge in [-0.3, -0.25) is 9.48 Å². The van der Waals surface area contributed by atoms with Crippen LogP contribution in [0.25, 0.3) is 0 Å². The van der Waals surface area contributed by atoms with Gasteiger partial charge in [0.25, 0.3) is 0 Å². The molecule has 6 heteroatoms. The van der Waals surface area contributed by atoms with E-state index >= 15 is 0 Å². The van der Waals surface area contributed by atoms with E-state index in [1.807, 2.05) is 19.1 Å². The highest BCUT2D eigenvalue weighted by Crippen LogP contribution is 2.30. The first-order chi connectivity index (χ1) is 13.8. The highest BCUT2D eigenvalue weighted by atomic mass is 16.5. The second-order valence-electron chi connectivity index (χ2n) is 7.84. The van der Waals surface area contributed by atoms with Crippen molar-refractivity contribution in [1.29, 1.82) is 0 Å². The molecule has 0 atom stereocenters. The molecule has 0 fully saturated rings. The molecule has 6 nitrogen and oxygen atoms in total. The van der Waals surface area contributed by atoms with Gasteiger partial charge in [-0.2, -0.15) is 5.10 Å². The summed E-state index contributed by atoms with van der Waals surface area (Å²) in [7, 11) is 1.61. The van der Waals surface area contributed by atoms with Gasteiger partial charge in [0.05, 0.1) is 25.1 Å². The van der Waals surface area contributed by atoms with Gasteiger partial charge in [0, 0.05) is 24.7 Å². The average molecular weight is 402 g/mol. The van der Waals surface area contributed by atoms with Gasteiger partial charge >= 0.3 is 0 Å². The van der Waals surface area contributed by atoms with Crippen LogP contribution in [0, 0.1) is 19.8 Å². The lowest BCUT2D eigenvalue weighted by Crippen LogP contribution is -2.14. The zero-order valence-corrected chi connectivity index (χ0v) is 18.7. The molecule has 1 amide bonds. The second kappa shape index (κ2) is 10.9. The average Bonchev–Trinajstić information content (AvgIpc) is 2.93. The minimum absolute atomic E-state index is 0.0472. The third-order valence-electron chi connectivity index (χ3n) is 4.89. The number of carbonyl (C=O) groups is 1. The molecule has 0 unspecified atom stereocenters. The number of aryl methyl sites for hydroxylation is 1. The van der Waals surface area contributed by atoms with Crippen LogP contribution in [0.1, 0.15) is 57.0 Å². The van der Waals surface area contributed by atoms with E-state index in [4.69, 9.17) is 9.47 Å². The fraction of sp³-hybridized carbons (Fsp3) is 0.565. The third-order valence-corrected chi connectivity index (χ3v) is 4.89. The zero-order chi connectivity index (χ0) is 21.4. The molecule has 0 bridgehead atoms. The van der Waals surface area contributed by atoms with E-state index in [9.17, 15) is 4.79 Å². The van der Waals surface area contributed by atoms with Gasteiger partial charge in [-0.1, -0.05) is 27.2 Å². The number of hydrogen-bond donors (Lipinski definition) is 1. The van der Waals surface area contributed by atoms with E-state index < -0.39 is 0 Å². The van der Waals surface area contributed by atoms with Crippen molar-refractivity contribution in [2.24, 2.45) is 5.92 Å². The number of rotatable bonds is 11. The molecule has 1 aromatic carbocycles. The van der Waals surface area contributed by atoms with Gasteiger partial charge in [0.15, 0.2) is 0 Å². The van der Waals surface area contributed by atoms with Crippen molar-refractivity contribution >= 4 is 11.6 Å². The molecule has 1 N–H and O–H groups in total. The summed E-state index contributed by atoms with van der Waals surface area (Å²) in [6.07, 6.45) is 3.08. The minimum Gasteiger partial charge on any atom is -0.497 e. The number of amides is 1. The van der Waals surface area contributed by atoms with E-state index in [1.54, 1.807) is 13.2 Å². The van der Waals surface area contributed by atoms with Crippen molar-refractivity contribution in [1.82, 2.24) is 9.78 Å². The Kier molecular flexibility index (Phi) is 8.55. The summed E-state index contributed by atoms with van der Waals surface area (Å²) in [5.41, 5.74) is 3.95. The van der Waals surface area contributed by atoms with Gasteiger partial charge in [-0.15, -0.1) is 0 Å². The molecule has 0 aliphatic heterocycles. The fourth-order valence-corrected chi connectivity index (χ4v) is 3.26. The standard InChI is InChI=1S/C23H35N3O3/c1-7-8-13-29-22-11-9-19(28-6)14-21(22)24-23(27)12-10-20-17(4)25-26(18(20)5)15-16(2)3/h9,11,14,16H,7-8,10,12-13,15H2,1-6H3,(H,24,27). The molecule has 1 heterocycles. The highest BCUT2D eigenvalue weighted by molar-refractivity contribution is 5.92. The number of hydrogen-bond acceptors (Lipinski definition) is 4. The van der Waals surface area contributed by atoms with Crippen molar-refractivity contribution in [3.05, 3.63) is 35.2 Å². The Hall–Kier alpha value is -2.50. The van der Waals surface area contributed by atoms with E-state index in [0.717, 1.165) is 36.3 Å². The number of benzene rings is 1. The summed E-state index contributed by atoms with van der Waals surface area (Å²) in [6.45, 7) is 12.1. The Labute approximate surface area is 174 Å². The number of anilines is 1. The number of unbranched alkanes of at least 4 members (excludes halogenated alkanes) is 1. The molecule has 0 saturated carbocycles. The second-order valence-corrected chi connectivity index (χ2v) is 7.84. The van der Waals surface area contributed by atoms with Crippen LogP contribution >= 0.6 is 0 Å². The molecule has 0 aliphatic carbocycles. The Bertz CT molecular complexity index is 812. The molecule has 160 valence electrons. The van der Waals surface area contributed by atoms with Crippen LogP contribution in [0.4, 0.5) is 5.69 Å². The lowest BCUT2D eigenvalue weighted by atomic mass is 10.1. The summed E-state index contributed by atoms with van der Waals surface area (Å²) < 4.78 is 13.2. The molecular formula is C23H35N3O3. The van der Waals surface area contributed by atoms with Crippen LogP contribution in [-0.2, 0) is 17.8 Å². The molecule has 0 saturated heterocycles. The molecule has 1 aromatic heterocycles. The maximum absolute atomic E-state index is 12.6. The Morgan fingerprint density at radius 1 is 1.28 bits per heavy atom. The van der Waals surface area contributed by atoms with Gasteiger partial charge in [0.1, 0.15) is 11.5 Å². The van der Waals surface area contributed by atoms with Gasteiger partial charge < -0.3 is 14.8 Å². The monoisotopic (exact) mass is 401 g/mol. The first-order valence-corrected chi connectivity index (χ1v) is 10.5. The summed E-state index contributed by atoms with van der Waals surface area (Å²) in [5.74, 6) is 1.84. The van der Waals surface area contributed by atoms with Crippen LogP contribution in [0.5, 0.6) is 11.5 Å². The van der Waals surface area contributed by atoms with E-state index in [0.29, 0.717) is 42.6 Å². The van der Waals surface area contributed by atoms with E-state index in [-0.39, 0.29) is 5.91 Å². The van der Waals surface area contributed by atoms with Gasteiger partial charge in [-0.25, -0.2) is 0 Å². The summed E-state index contributed by atoms with van der Waals surface area (Å²) >= 11 is 0. The van der Waals surface area contributed by atoms with Crippen molar-refractivity contribution in [2.75, 3.05) is 19.0 Å². The quantitative estimate of drug-likeness (QED) is 0.543. The zero-order valence-electron chi connectivity index (χ0n) is 18.7. The predicted molar refractivity (Wildman–Crippen MR) is 117 cm³/mol. The maximum atomic E-state index is 12.6. The predicted octanol–water partition coefficient (Wildman–Crippen LogP) is 4.91. The highest BCUT2D eigenvalue weighted by Gasteiger charge is 2.15. The van der Waals surface area contributed by atoms with Crippen LogP contribution in [0.2, 0.25) is 0 Å². The SMILES string of the molecule is CCCCOc1ccc(OC)cc1NC(=O)CCc1c(C)nn(CC(C)C)c1C. The summed E-state index contributed by atoms with van der Waals surface area (Å²) in [5, 5.41) is 7.63. The number of nitrogens with zero attached hydrogens (tertiary/aromatic N) is 2. The maximum Gasteiger partial charge on any atom is 0.224 e. The van der Waals surface area contributed by atoms with Crippen molar-refractivity contribution in [2.45, 2.75) is 66.8 Å². The summed E-state index contributed by atoms with van der Waals surface area (Å²) in [4.78, 5) is 12.6. The molecule has 2 aromatic rings. The smallest absolute Gasteiger partial charge is 0.224 e. The van der Waals surface area contributed by atoms with Crippen LogP contribution in [-0.4, -0.2) is 29.4 Å². The number of nitrogens with one attached hydrogen (secondary N) is 1. The van der Waals surface area contributed by atoms with Crippen molar-refractivity contribution in [3.8, 4) is 11.5 Å². The normalized spacial score (nSPS) is 11.0. The number of ether oxygens (including phenoxy) is 2. The van der Waals surface area contributed by atoms with Crippen molar-refractivity contribution in [3.63, 3.8) is 0 Å². The Morgan fingerprint density at radius 2 is 2.03 bits per heavy atom. The summed E-state index contributed by atoms with van der Waals surface area (Å²) in [6, 6.07) is 5.48. The molecular weight excluding hydrogens is 366 g/mol. The minimum atomic E-state index is -0.0472. The molecule has 0 aliphatic rings. The fourth-order valence-electron chi connectivity index (χ4n) is 3.26. The third kappa shape index (κ3) is 6.51. The Balaban J connectivity index is 2.04. The molecule has 0 radical (unpaired) electrons. The molecule has 0 spiro atoms. The van der Waals surface area contributed by atoms with Gasteiger partial charge in [0.2, 0.25) is 5.91 Å². The lowest BCUT2D eigenvalue weighted by molar-refractivity contribution is -0.116. The topological polar surface area (TPSA) is 65.4 Å². The van der Waals surface area contributed by atoms with Crippen molar-refractivity contribution < 1.29 is 14.3 Å². The number of aromatic nitrogens is 2. The molecule has 2 rings (SSSR count). The van der Waals surface area contributed by atoms with Crippen LogP contribution in [0.3, 0.4) is 0 Å². The first-order valence-electron chi connectivity index (χ1n) is 10.5. The largest absolute Gasteiger partial charge is 0.497 e.